The van der Waals surface area contributed by atoms with Gasteiger partial charge < -0.3 is 16.3 Å². The maximum absolute atomic E-state index is 8.68. The molecule has 1 aliphatic carbocycles. The van der Waals surface area contributed by atoms with E-state index < -0.39 is 0 Å². The van der Waals surface area contributed by atoms with Crippen LogP contribution in [0.3, 0.4) is 0 Å². The summed E-state index contributed by atoms with van der Waals surface area (Å²) in [5, 5.41) is 15.9. The zero-order chi connectivity index (χ0) is 15.2. The number of hydrogen-bond acceptors (Lipinski definition) is 3. The molecule has 0 aromatic heterocycles. The summed E-state index contributed by atoms with van der Waals surface area (Å²) < 4.78 is 0. The first kappa shape index (κ1) is 16.1. The quantitative estimate of drug-likeness (QED) is 0.337. The summed E-state index contributed by atoms with van der Waals surface area (Å²) >= 11 is 6.27. The highest BCUT2D eigenvalue weighted by Crippen LogP contribution is 2.26. The molecule has 0 unspecified atom stereocenters. The summed E-state index contributed by atoms with van der Waals surface area (Å²) in [6.45, 7) is 3.00. The molecule has 0 bridgehead atoms. The molecule has 1 aromatic carbocycles. The van der Waals surface area contributed by atoms with Crippen molar-refractivity contribution in [2.75, 3.05) is 0 Å². The van der Waals surface area contributed by atoms with Crippen molar-refractivity contribution in [3.63, 3.8) is 0 Å². The maximum atomic E-state index is 8.68. The van der Waals surface area contributed by atoms with Crippen LogP contribution in [0.4, 0.5) is 0 Å². The Hall–Kier alpha value is -1.26. The molecule has 0 heterocycles. The van der Waals surface area contributed by atoms with E-state index in [0.717, 1.165) is 18.0 Å². The van der Waals surface area contributed by atoms with Gasteiger partial charge >= 0.3 is 0 Å². The minimum Gasteiger partial charge on any atom is -0.409 e. The van der Waals surface area contributed by atoms with E-state index in [9.17, 15) is 0 Å². The fourth-order valence-electron chi connectivity index (χ4n) is 2.98. The van der Waals surface area contributed by atoms with Crippen LogP contribution in [0.15, 0.2) is 23.4 Å². The monoisotopic (exact) mass is 309 g/mol. The summed E-state index contributed by atoms with van der Waals surface area (Å²) in [5.41, 5.74) is 7.23. The van der Waals surface area contributed by atoms with E-state index in [1.54, 1.807) is 6.07 Å². The van der Waals surface area contributed by atoms with E-state index >= 15 is 0 Å². The number of nitrogens with two attached hydrogens (primary N) is 1. The van der Waals surface area contributed by atoms with Gasteiger partial charge in [0.2, 0.25) is 0 Å². The second-order valence-corrected chi connectivity index (χ2v) is 6.27. The van der Waals surface area contributed by atoms with E-state index in [1.807, 2.05) is 12.1 Å². The van der Waals surface area contributed by atoms with Crippen molar-refractivity contribution in [1.29, 1.82) is 0 Å². The first-order valence-electron chi connectivity index (χ1n) is 7.61. The summed E-state index contributed by atoms with van der Waals surface area (Å²) in [7, 11) is 0. The lowest BCUT2D eigenvalue weighted by atomic mass is 9.84. The first-order valence-corrected chi connectivity index (χ1v) is 7.99. The molecular weight excluding hydrogens is 286 g/mol. The van der Waals surface area contributed by atoms with Crippen LogP contribution >= 0.6 is 11.6 Å². The third-order valence-electron chi connectivity index (χ3n) is 4.43. The third-order valence-corrected chi connectivity index (χ3v) is 4.78. The van der Waals surface area contributed by atoms with Crippen LogP contribution in [0.5, 0.6) is 0 Å². The molecule has 116 valence electrons. The van der Waals surface area contributed by atoms with Gasteiger partial charge in [0.1, 0.15) is 0 Å². The second-order valence-electron chi connectivity index (χ2n) is 5.86. The Bertz CT molecular complexity index is 498. The Kier molecular flexibility index (Phi) is 5.88. The second kappa shape index (κ2) is 7.66. The number of hydrogen-bond donors (Lipinski definition) is 3. The van der Waals surface area contributed by atoms with Crippen LogP contribution in [0, 0.1) is 5.92 Å². The minimum absolute atomic E-state index is 0.0759. The van der Waals surface area contributed by atoms with Gasteiger partial charge in [-0.15, -0.1) is 0 Å². The van der Waals surface area contributed by atoms with Crippen molar-refractivity contribution in [2.45, 2.75) is 51.6 Å². The Morgan fingerprint density at radius 1 is 1.43 bits per heavy atom. The van der Waals surface area contributed by atoms with Gasteiger partial charge in [0, 0.05) is 23.2 Å². The molecular formula is C16H24ClN3O. The van der Waals surface area contributed by atoms with Crippen molar-refractivity contribution in [3.8, 4) is 0 Å². The van der Waals surface area contributed by atoms with Gasteiger partial charge in [0.05, 0.1) is 0 Å². The summed E-state index contributed by atoms with van der Waals surface area (Å²) in [6.07, 6.45) is 6.73. The van der Waals surface area contributed by atoms with E-state index in [-0.39, 0.29) is 5.84 Å². The SMILES string of the molecule is C[C@H](NCc1ccc(/C(N)=N/O)cc1Cl)C1CCCCC1. The van der Waals surface area contributed by atoms with Crippen LogP contribution < -0.4 is 11.1 Å². The normalized spacial score (nSPS) is 18.7. The molecule has 4 N–H and O–H groups in total. The predicted octanol–water partition coefficient (Wildman–Crippen LogP) is 3.49. The topological polar surface area (TPSA) is 70.6 Å². The van der Waals surface area contributed by atoms with E-state index in [0.29, 0.717) is 16.6 Å². The molecule has 4 nitrogen and oxygen atoms in total. The van der Waals surface area contributed by atoms with E-state index in [2.05, 4.69) is 17.4 Å². The van der Waals surface area contributed by atoms with E-state index in [1.165, 1.54) is 32.1 Å². The lowest BCUT2D eigenvalue weighted by Gasteiger charge is -2.28. The smallest absolute Gasteiger partial charge is 0.170 e. The van der Waals surface area contributed by atoms with Crippen molar-refractivity contribution in [1.82, 2.24) is 5.32 Å². The molecule has 5 heteroatoms. The van der Waals surface area contributed by atoms with Crippen LogP contribution in [-0.2, 0) is 6.54 Å². The third kappa shape index (κ3) is 4.35. The Balaban J connectivity index is 1.93. The molecule has 0 radical (unpaired) electrons. The molecule has 1 atom stereocenters. The van der Waals surface area contributed by atoms with Gasteiger partial charge in [-0.2, -0.15) is 0 Å². The molecule has 0 saturated heterocycles. The van der Waals surface area contributed by atoms with Gasteiger partial charge in [-0.25, -0.2) is 0 Å². The molecule has 1 saturated carbocycles. The van der Waals surface area contributed by atoms with Gasteiger partial charge in [-0.1, -0.05) is 48.2 Å². The maximum Gasteiger partial charge on any atom is 0.170 e. The van der Waals surface area contributed by atoms with E-state index in [4.69, 9.17) is 22.5 Å². The lowest BCUT2D eigenvalue weighted by molar-refractivity contribution is 0.280. The average molecular weight is 310 g/mol. The molecule has 1 aliphatic rings. The molecule has 21 heavy (non-hydrogen) atoms. The molecule has 0 amide bonds. The number of nitrogens with zero attached hydrogens (tertiary/aromatic N) is 1. The summed E-state index contributed by atoms with van der Waals surface area (Å²) in [4.78, 5) is 0. The largest absolute Gasteiger partial charge is 0.409 e. The van der Waals surface area contributed by atoms with Crippen LogP contribution in [0.1, 0.15) is 50.2 Å². The highest BCUT2D eigenvalue weighted by atomic mass is 35.5. The minimum atomic E-state index is 0.0759. The van der Waals surface area contributed by atoms with Gasteiger partial charge in [0.25, 0.3) is 0 Å². The van der Waals surface area contributed by atoms with Gasteiger partial charge in [0.15, 0.2) is 5.84 Å². The van der Waals surface area contributed by atoms with Crippen molar-refractivity contribution >= 4 is 17.4 Å². The average Bonchev–Trinajstić information content (AvgIpc) is 2.53. The predicted molar refractivity (Wildman–Crippen MR) is 86.8 cm³/mol. The number of rotatable bonds is 5. The van der Waals surface area contributed by atoms with Crippen molar-refractivity contribution in [2.24, 2.45) is 16.8 Å². The van der Waals surface area contributed by atoms with Crippen LogP contribution in [0.2, 0.25) is 5.02 Å². The fraction of sp³-hybridized carbons (Fsp3) is 0.562. The number of oxime groups is 1. The fourth-order valence-corrected chi connectivity index (χ4v) is 3.23. The zero-order valence-corrected chi connectivity index (χ0v) is 13.2. The molecule has 1 fully saturated rings. The van der Waals surface area contributed by atoms with Gasteiger partial charge in [-0.3, -0.25) is 0 Å². The first-order chi connectivity index (χ1) is 10.1. The molecule has 1 aromatic rings. The highest BCUT2D eigenvalue weighted by Gasteiger charge is 2.19. The van der Waals surface area contributed by atoms with Crippen molar-refractivity contribution < 1.29 is 5.21 Å². The number of amidine groups is 1. The standard InChI is InChI=1S/C16H24ClN3O/c1-11(12-5-3-2-4-6-12)19-10-14-8-7-13(9-15(14)17)16(18)20-21/h7-9,11-12,19,21H,2-6,10H2,1H3,(H2,18,20)/t11-/m0/s1. The molecule has 2 rings (SSSR count). The Morgan fingerprint density at radius 3 is 2.76 bits per heavy atom. The summed E-state index contributed by atoms with van der Waals surface area (Å²) in [5.74, 6) is 0.848. The highest BCUT2D eigenvalue weighted by molar-refractivity contribution is 6.31. The molecule has 0 aliphatic heterocycles. The Morgan fingerprint density at radius 2 is 2.14 bits per heavy atom. The number of halogens is 1. The lowest BCUT2D eigenvalue weighted by Crippen LogP contribution is -2.34. The number of nitrogens with one attached hydrogen (secondary N) is 1. The van der Waals surface area contributed by atoms with Crippen LogP contribution in [0.25, 0.3) is 0 Å². The molecule has 0 spiro atoms. The van der Waals surface area contributed by atoms with Crippen LogP contribution in [-0.4, -0.2) is 17.1 Å². The van der Waals surface area contributed by atoms with Gasteiger partial charge in [-0.05, 0) is 37.3 Å². The zero-order valence-electron chi connectivity index (χ0n) is 12.5. The summed E-state index contributed by atoms with van der Waals surface area (Å²) in [6, 6.07) is 5.99. The number of benzene rings is 1. The Labute approximate surface area is 131 Å². The van der Waals surface area contributed by atoms with Crippen molar-refractivity contribution in [3.05, 3.63) is 34.3 Å².